The monoisotopic (exact) mass is 443 g/mol. The predicted molar refractivity (Wildman–Crippen MR) is 116 cm³/mol. The van der Waals surface area contributed by atoms with Crippen molar-refractivity contribution in [2.75, 3.05) is 18.0 Å². The van der Waals surface area contributed by atoms with Gasteiger partial charge in [-0.1, -0.05) is 19.1 Å². The van der Waals surface area contributed by atoms with Gasteiger partial charge in [-0.15, -0.1) is 0 Å². The Morgan fingerprint density at radius 2 is 1.97 bits per heavy atom. The van der Waals surface area contributed by atoms with Crippen LogP contribution in [0.2, 0.25) is 0 Å². The molecule has 1 aromatic carbocycles. The molecule has 1 aromatic heterocycles. The maximum atomic E-state index is 11.6. The first-order valence-electron chi connectivity index (χ1n) is 11.5. The van der Waals surface area contributed by atoms with E-state index in [1.165, 1.54) is 5.56 Å². The number of aryl methyl sites for hydroxylation is 2. The van der Waals surface area contributed by atoms with Crippen LogP contribution in [0.1, 0.15) is 61.9 Å². The van der Waals surface area contributed by atoms with Crippen LogP contribution in [0.4, 0.5) is 5.82 Å². The topological polar surface area (TPSA) is 78.4 Å². The second-order valence-electron chi connectivity index (χ2n) is 9.57. The number of benzene rings is 1. The SMILES string of the molecule is Cc1nccc(N2CCC3(CCc4ccc([C@H](C5CC5)[C@H](C)C(=O)[O-])cc4O3)CC2)n1.[Na+]. The molecule has 2 aromatic rings. The van der Waals surface area contributed by atoms with Crippen molar-refractivity contribution in [3.63, 3.8) is 0 Å². The molecule has 1 aliphatic carbocycles. The summed E-state index contributed by atoms with van der Waals surface area (Å²) in [6.07, 6.45) is 7.97. The maximum Gasteiger partial charge on any atom is 1.00 e. The summed E-state index contributed by atoms with van der Waals surface area (Å²) < 4.78 is 6.68. The number of rotatable bonds is 5. The molecule has 6 nitrogen and oxygen atoms in total. The van der Waals surface area contributed by atoms with Gasteiger partial charge in [-0.2, -0.15) is 0 Å². The number of anilines is 1. The van der Waals surface area contributed by atoms with Gasteiger partial charge < -0.3 is 19.5 Å². The van der Waals surface area contributed by atoms with E-state index in [1.807, 2.05) is 19.2 Å². The van der Waals surface area contributed by atoms with Crippen molar-refractivity contribution < 1.29 is 44.2 Å². The van der Waals surface area contributed by atoms with Gasteiger partial charge in [0, 0.05) is 44.0 Å². The Hall–Kier alpha value is -1.63. The van der Waals surface area contributed by atoms with Crippen LogP contribution in [0.25, 0.3) is 0 Å². The molecule has 1 saturated carbocycles. The summed E-state index contributed by atoms with van der Waals surface area (Å²) in [5.74, 6) is 1.75. The zero-order valence-electron chi connectivity index (χ0n) is 19.3. The number of hydrogen-bond donors (Lipinski definition) is 0. The number of nitrogens with zero attached hydrogens (tertiary/aromatic N) is 3. The molecule has 0 amide bonds. The van der Waals surface area contributed by atoms with E-state index in [2.05, 4.69) is 33.1 Å². The van der Waals surface area contributed by atoms with E-state index < -0.39 is 11.9 Å². The number of hydrogen-bond acceptors (Lipinski definition) is 6. The molecule has 3 heterocycles. The van der Waals surface area contributed by atoms with Gasteiger partial charge in [0.15, 0.2) is 0 Å². The molecule has 1 saturated heterocycles. The third kappa shape index (κ3) is 4.68. The molecule has 2 fully saturated rings. The van der Waals surface area contributed by atoms with Crippen molar-refractivity contribution in [1.29, 1.82) is 0 Å². The number of carbonyl (C=O) groups is 1. The standard InChI is InChI=1S/C25H31N3O3.Na/c1-16(24(29)30)23(19-4-5-19)20-6-3-18-7-9-25(31-21(18)15-20)10-13-28(14-11-25)22-8-12-26-17(2)27-22;/h3,6,8,12,15-16,19,23H,4-5,7,9-11,13-14H2,1-2H3,(H,29,30);/q;+1/p-1/t16-,23-;/m0./s1. The first kappa shape index (κ1) is 23.5. The molecular formula is C25H30N3NaO3. The number of fused-ring (bicyclic) bond motifs is 1. The fourth-order valence-corrected chi connectivity index (χ4v) is 5.41. The molecule has 0 N–H and O–H groups in total. The Kier molecular flexibility index (Phi) is 6.85. The summed E-state index contributed by atoms with van der Waals surface area (Å²) in [6.45, 7) is 5.53. The number of carbonyl (C=O) groups excluding carboxylic acids is 1. The number of carboxylic acid groups (broad SMARTS) is 1. The summed E-state index contributed by atoms with van der Waals surface area (Å²) in [6, 6.07) is 8.36. The van der Waals surface area contributed by atoms with Gasteiger partial charge in [-0.25, -0.2) is 9.97 Å². The summed E-state index contributed by atoms with van der Waals surface area (Å²) in [5.41, 5.74) is 2.18. The maximum absolute atomic E-state index is 11.6. The Balaban J connectivity index is 0.00000245. The van der Waals surface area contributed by atoms with Gasteiger partial charge in [0.2, 0.25) is 0 Å². The van der Waals surface area contributed by atoms with E-state index in [0.29, 0.717) is 5.92 Å². The predicted octanol–water partition coefficient (Wildman–Crippen LogP) is 0.0328. The van der Waals surface area contributed by atoms with Crippen molar-refractivity contribution in [3.05, 3.63) is 47.4 Å². The van der Waals surface area contributed by atoms with E-state index >= 15 is 0 Å². The Bertz CT molecular complexity index is 986. The number of piperidine rings is 1. The molecule has 1 spiro atoms. The fourth-order valence-electron chi connectivity index (χ4n) is 5.41. The largest absolute Gasteiger partial charge is 1.00 e. The molecule has 2 atom stereocenters. The zero-order valence-corrected chi connectivity index (χ0v) is 21.3. The summed E-state index contributed by atoms with van der Waals surface area (Å²) in [5, 5.41) is 11.6. The van der Waals surface area contributed by atoms with Crippen molar-refractivity contribution in [2.45, 2.75) is 63.9 Å². The molecule has 164 valence electrons. The van der Waals surface area contributed by atoms with E-state index in [1.54, 1.807) is 6.92 Å². The van der Waals surface area contributed by atoms with Crippen LogP contribution in [0.5, 0.6) is 5.75 Å². The van der Waals surface area contributed by atoms with Crippen LogP contribution in [0.3, 0.4) is 0 Å². The Morgan fingerprint density at radius 1 is 1.22 bits per heavy atom. The van der Waals surface area contributed by atoms with Gasteiger partial charge in [-0.05, 0) is 67.7 Å². The molecule has 2 aliphatic heterocycles. The van der Waals surface area contributed by atoms with Gasteiger partial charge >= 0.3 is 29.6 Å². The third-order valence-corrected chi connectivity index (χ3v) is 7.45. The second kappa shape index (κ2) is 9.32. The average molecular weight is 444 g/mol. The summed E-state index contributed by atoms with van der Waals surface area (Å²) >= 11 is 0. The summed E-state index contributed by atoms with van der Waals surface area (Å²) in [7, 11) is 0. The fraction of sp³-hybridized carbons (Fsp3) is 0.560. The molecule has 7 heteroatoms. The number of aromatic nitrogens is 2. The average Bonchev–Trinajstić information content (AvgIpc) is 3.59. The van der Waals surface area contributed by atoms with Crippen LogP contribution in [0.15, 0.2) is 30.5 Å². The van der Waals surface area contributed by atoms with E-state index in [9.17, 15) is 9.90 Å². The van der Waals surface area contributed by atoms with Crippen molar-refractivity contribution in [3.8, 4) is 5.75 Å². The van der Waals surface area contributed by atoms with E-state index in [-0.39, 0.29) is 41.1 Å². The molecule has 0 unspecified atom stereocenters. The minimum atomic E-state index is -0.959. The summed E-state index contributed by atoms with van der Waals surface area (Å²) in [4.78, 5) is 22.7. The first-order chi connectivity index (χ1) is 14.9. The van der Waals surface area contributed by atoms with E-state index in [0.717, 1.165) is 74.6 Å². The second-order valence-corrected chi connectivity index (χ2v) is 9.57. The number of carboxylic acids is 1. The Morgan fingerprint density at radius 3 is 2.62 bits per heavy atom. The molecule has 0 radical (unpaired) electrons. The normalized spacial score (nSPS) is 21.1. The van der Waals surface area contributed by atoms with E-state index in [4.69, 9.17) is 4.74 Å². The van der Waals surface area contributed by atoms with Crippen LogP contribution in [0, 0.1) is 18.8 Å². The molecular weight excluding hydrogens is 413 g/mol. The molecule has 5 rings (SSSR count). The number of aliphatic carboxylic acids is 1. The zero-order chi connectivity index (χ0) is 21.6. The Labute approximate surface area is 212 Å². The van der Waals surface area contributed by atoms with Gasteiger partial charge in [-0.3, -0.25) is 0 Å². The van der Waals surface area contributed by atoms with Crippen LogP contribution < -0.4 is 44.3 Å². The first-order valence-corrected chi connectivity index (χ1v) is 11.5. The van der Waals surface area contributed by atoms with Gasteiger partial charge in [0.1, 0.15) is 23.0 Å². The van der Waals surface area contributed by atoms with Gasteiger partial charge in [0.05, 0.1) is 0 Å². The molecule has 3 aliphatic rings. The van der Waals surface area contributed by atoms with Crippen molar-refractivity contribution >= 4 is 11.8 Å². The van der Waals surface area contributed by atoms with Crippen LogP contribution in [-0.2, 0) is 11.2 Å². The van der Waals surface area contributed by atoms with Crippen LogP contribution in [-0.4, -0.2) is 34.6 Å². The molecule has 32 heavy (non-hydrogen) atoms. The number of ether oxygens (including phenoxy) is 1. The minimum absolute atomic E-state index is 0. The van der Waals surface area contributed by atoms with Crippen molar-refractivity contribution in [2.24, 2.45) is 11.8 Å². The van der Waals surface area contributed by atoms with Crippen molar-refractivity contribution in [1.82, 2.24) is 9.97 Å². The minimum Gasteiger partial charge on any atom is -0.550 e. The molecule has 0 bridgehead atoms. The quantitative estimate of drug-likeness (QED) is 0.607. The van der Waals surface area contributed by atoms with Crippen LogP contribution >= 0.6 is 0 Å². The smallest absolute Gasteiger partial charge is 0.550 e. The third-order valence-electron chi connectivity index (χ3n) is 7.45. The van der Waals surface area contributed by atoms with Gasteiger partial charge in [0.25, 0.3) is 0 Å².